The van der Waals surface area contributed by atoms with E-state index >= 15 is 0 Å². The third-order valence-corrected chi connectivity index (χ3v) is 11.1. The summed E-state index contributed by atoms with van der Waals surface area (Å²) >= 11 is 0. The third kappa shape index (κ3) is 5.63. The topological polar surface area (TPSA) is 119 Å². The van der Waals surface area contributed by atoms with Gasteiger partial charge in [0.05, 0.1) is 28.7 Å². The maximum atomic E-state index is 14.0. The monoisotopic (exact) mass is 614 g/mol. The van der Waals surface area contributed by atoms with Crippen LogP contribution in [0.5, 0.6) is 17.2 Å². The second-order valence-electron chi connectivity index (χ2n) is 12.0. The van der Waals surface area contributed by atoms with E-state index in [1.54, 1.807) is 28.8 Å². The number of carbonyl (C=O) groups excluding carboxylic acids is 1. The summed E-state index contributed by atoms with van der Waals surface area (Å²) in [4.78, 5) is 27.1. The Kier molecular flexibility index (Phi) is 8.29. The number of fused-ring (bicyclic) bond motifs is 3. The molecule has 0 bridgehead atoms. The molecule has 0 saturated heterocycles. The van der Waals surface area contributed by atoms with Crippen molar-refractivity contribution >= 4 is 25.6 Å². The number of hydrogen-bond acceptors (Lipinski definition) is 8. The molecule has 4 atom stereocenters. The van der Waals surface area contributed by atoms with Gasteiger partial charge in [-0.2, -0.15) is 0 Å². The Labute approximate surface area is 257 Å². The molecule has 2 aliphatic rings. The minimum atomic E-state index is -2.72. The fourth-order valence-electron chi connectivity index (χ4n) is 6.44. The highest BCUT2D eigenvalue weighted by atomic mass is 28.4. The Morgan fingerprint density at radius 3 is 2.55 bits per heavy atom. The van der Waals surface area contributed by atoms with Gasteiger partial charge in [-0.05, 0) is 62.0 Å². The first-order valence-electron chi connectivity index (χ1n) is 15.0. The first kappa shape index (κ1) is 30.0. The summed E-state index contributed by atoms with van der Waals surface area (Å²) in [6, 6.07) is 20.5. The SMILES string of the molecule is CO[C@H]1c2cc(N3C(=O)c4ccccc4Oc4ccccc43)ccc2O[C@@H](C(CCn2cc(CCO)nn2)[Si](C)(C)O)[C@@H]1C. The molecule has 0 saturated carbocycles. The number of rotatable bonds is 9. The van der Waals surface area contributed by atoms with Crippen LogP contribution in [0.1, 0.15) is 41.1 Å². The Hall–Kier alpha value is -4.03. The van der Waals surface area contributed by atoms with Crippen LogP contribution in [-0.2, 0) is 17.7 Å². The van der Waals surface area contributed by atoms with E-state index in [1.807, 2.05) is 73.9 Å². The van der Waals surface area contributed by atoms with E-state index in [0.717, 1.165) is 11.3 Å². The lowest BCUT2D eigenvalue weighted by molar-refractivity contribution is -0.0247. The molecule has 0 fully saturated rings. The third-order valence-electron chi connectivity index (χ3n) is 8.64. The number of hydrogen-bond donors (Lipinski definition) is 2. The molecule has 44 heavy (non-hydrogen) atoms. The molecule has 2 N–H and O–H groups in total. The van der Waals surface area contributed by atoms with Crippen molar-refractivity contribution in [3.8, 4) is 17.2 Å². The summed E-state index contributed by atoms with van der Waals surface area (Å²) in [6.07, 6.45) is 2.31. The molecule has 230 valence electrons. The zero-order chi connectivity index (χ0) is 31.0. The molecule has 0 spiro atoms. The largest absolute Gasteiger partial charge is 0.490 e. The number of aromatic nitrogens is 3. The molecular weight excluding hydrogens is 576 g/mol. The van der Waals surface area contributed by atoms with Crippen LogP contribution in [0.4, 0.5) is 11.4 Å². The van der Waals surface area contributed by atoms with Gasteiger partial charge < -0.3 is 24.1 Å². The average Bonchev–Trinajstić information content (AvgIpc) is 3.40. The minimum absolute atomic E-state index is 0.0182. The van der Waals surface area contributed by atoms with Crippen molar-refractivity contribution in [1.29, 1.82) is 0 Å². The number of carbonyl (C=O) groups is 1. The van der Waals surface area contributed by atoms with Gasteiger partial charge in [0.15, 0.2) is 14.1 Å². The van der Waals surface area contributed by atoms with Crippen molar-refractivity contribution in [3.05, 3.63) is 89.7 Å². The molecule has 11 heteroatoms. The first-order chi connectivity index (χ1) is 21.2. The van der Waals surface area contributed by atoms with Gasteiger partial charge in [0.2, 0.25) is 0 Å². The van der Waals surface area contributed by atoms with Gasteiger partial charge >= 0.3 is 0 Å². The van der Waals surface area contributed by atoms with Crippen LogP contribution in [0.3, 0.4) is 0 Å². The Morgan fingerprint density at radius 1 is 1.05 bits per heavy atom. The molecule has 1 amide bonds. The summed E-state index contributed by atoms with van der Waals surface area (Å²) in [5, 5.41) is 17.6. The number of benzene rings is 3. The summed E-state index contributed by atoms with van der Waals surface area (Å²) in [7, 11) is -1.03. The van der Waals surface area contributed by atoms with Gasteiger partial charge in [-0.3, -0.25) is 14.4 Å². The number of aryl methyl sites for hydroxylation is 1. The second-order valence-corrected chi connectivity index (χ2v) is 16.1. The fraction of sp³-hybridized carbons (Fsp3) is 0.364. The quantitative estimate of drug-likeness (QED) is 0.233. The van der Waals surface area contributed by atoms with Crippen molar-refractivity contribution in [1.82, 2.24) is 15.0 Å². The molecule has 10 nitrogen and oxygen atoms in total. The van der Waals surface area contributed by atoms with Gasteiger partial charge in [-0.25, -0.2) is 0 Å². The number of aliphatic hydroxyl groups excluding tert-OH is 1. The lowest BCUT2D eigenvalue weighted by Crippen LogP contribution is -2.48. The van der Waals surface area contributed by atoms with E-state index in [1.165, 1.54) is 0 Å². The molecule has 3 heterocycles. The average molecular weight is 615 g/mol. The lowest BCUT2D eigenvalue weighted by Gasteiger charge is -2.44. The normalized spacial score (nSPS) is 20.1. The van der Waals surface area contributed by atoms with Gasteiger partial charge in [0, 0.05) is 49.9 Å². The summed E-state index contributed by atoms with van der Waals surface area (Å²) in [5.41, 5.74) is 3.25. The van der Waals surface area contributed by atoms with Crippen LogP contribution >= 0.6 is 0 Å². The Balaban J connectivity index is 1.33. The highest BCUT2D eigenvalue weighted by molar-refractivity contribution is 6.71. The van der Waals surface area contributed by atoms with E-state index in [-0.39, 0.29) is 36.2 Å². The molecule has 6 rings (SSSR count). The van der Waals surface area contributed by atoms with E-state index in [2.05, 4.69) is 17.2 Å². The van der Waals surface area contributed by atoms with E-state index in [0.29, 0.717) is 53.6 Å². The zero-order valence-corrected chi connectivity index (χ0v) is 26.4. The molecule has 1 aromatic heterocycles. The molecule has 2 aliphatic heterocycles. The minimum Gasteiger partial charge on any atom is -0.490 e. The van der Waals surface area contributed by atoms with Gasteiger partial charge in [0.1, 0.15) is 17.6 Å². The number of amides is 1. The smallest absolute Gasteiger partial charge is 0.266 e. The Bertz CT molecular complexity index is 1650. The number of methoxy groups -OCH3 is 1. The Morgan fingerprint density at radius 2 is 1.80 bits per heavy atom. The predicted molar refractivity (Wildman–Crippen MR) is 168 cm³/mol. The predicted octanol–water partition coefficient (Wildman–Crippen LogP) is 5.64. The molecule has 1 unspecified atom stereocenters. The maximum Gasteiger partial charge on any atom is 0.266 e. The van der Waals surface area contributed by atoms with Crippen LogP contribution in [0, 0.1) is 5.92 Å². The van der Waals surface area contributed by atoms with Crippen molar-refractivity contribution in [2.75, 3.05) is 18.6 Å². The first-order valence-corrected chi connectivity index (χ1v) is 18.0. The van der Waals surface area contributed by atoms with Crippen LogP contribution in [0.25, 0.3) is 0 Å². The summed E-state index contributed by atoms with van der Waals surface area (Å²) in [5.74, 6) is 1.49. The number of para-hydroxylation sites is 3. The van der Waals surface area contributed by atoms with Crippen LogP contribution < -0.4 is 14.4 Å². The molecule has 0 radical (unpaired) electrons. The van der Waals surface area contributed by atoms with Crippen molar-refractivity contribution in [3.63, 3.8) is 0 Å². The lowest BCUT2D eigenvalue weighted by atomic mass is 9.86. The van der Waals surface area contributed by atoms with Crippen molar-refractivity contribution in [2.24, 2.45) is 5.92 Å². The van der Waals surface area contributed by atoms with E-state index in [4.69, 9.17) is 14.2 Å². The molecule has 0 aliphatic carbocycles. The van der Waals surface area contributed by atoms with Crippen molar-refractivity contribution < 1.29 is 28.9 Å². The standard InChI is InChI=1S/C33H38N4O6Si/c1-21-31(41-2)25-19-23(37-26-10-6-8-12-29(26)42-27-11-7-5-9-24(27)33(37)39)13-14-28(25)43-32(21)30(44(3,4)40)15-17-36-20-22(16-18-38)34-35-36/h5-14,19-21,30-32,38,40H,15-18H2,1-4H3/t21-,30?,31-,32-/m1/s1. The van der Waals surface area contributed by atoms with Gasteiger partial charge in [0.25, 0.3) is 5.91 Å². The highest BCUT2D eigenvalue weighted by Gasteiger charge is 2.46. The number of aliphatic hydroxyl groups is 1. The number of ether oxygens (including phenoxy) is 3. The van der Waals surface area contributed by atoms with Gasteiger partial charge in [-0.1, -0.05) is 36.4 Å². The van der Waals surface area contributed by atoms with Crippen molar-refractivity contribution in [2.45, 2.75) is 57.2 Å². The van der Waals surface area contributed by atoms with E-state index < -0.39 is 8.32 Å². The fourth-order valence-corrected chi connectivity index (χ4v) is 8.45. The maximum absolute atomic E-state index is 14.0. The van der Waals surface area contributed by atoms with Crippen LogP contribution in [0.2, 0.25) is 18.6 Å². The summed E-state index contributed by atoms with van der Waals surface area (Å²) < 4.78 is 20.8. The molecule has 4 aromatic rings. The second kappa shape index (κ2) is 12.2. The number of nitrogens with zero attached hydrogens (tertiary/aromatic N) is 4. The van der Waals surface area contributed by atoms with Crippen LogP contribution in [-0.4, -0.2) is 58.9 Å². The number of anilines is 2. The van der Waals surface area contributed by atoms with Gasteiger partial charge in [-0.15, -0.1) is 5.10 Å². The zero-order valence-electron chi connectivity index (χ0n) is 25.4. The van der Waals surface area contributed by atoms with E-state index in [9.17, 15) is 14.7 Å². The highest BCUT2D eigenvalue weighted by Crippen LogP contribution is 2.49. The van der Waals surface area contributed by atoms with Crippen LogP contribution in [0.15, 0.2) is 72.9 Å². The molecular formula is C33H38N4O6Si. The molecule has 3 aromatic carbocycles. The summed E-state index contributed by atoms with van der Waals surface area (Å²) in [6.45, 7) is 6.55.